The summed E-state index contributed by atoms with van der Waals surface area (Å²) in [4.78, 5) is 33.2. The molecule has 0 fully saturated rings. The Kier molecular flexibility index (Phi) is 6.57. The second-order valence-electron chi connectivity index (χ2n) is 8.93. The molecule has 0 spiro atoms. The van der Waals surface area contributed by atoms with E-state index in [-0.39, 0.29) is 11.4 Å². The average molecular weight is 477 g/mol. The van der Waals surface area contributed by atoms with E-state index in [1.54, 1.807) is 6.92 Å². The Morgan fingerprint density at radius 3 is 2.29 bits per heavy atom. The highest BCUT2D eigenvalue weighted by Gasteiger charge is 2.45. The van der Waals surface area contributed by atoms with Crippen LogP contribution in [0, 0.1) is 26.7 Å². The van der Waals surface area contributed by atoms with Crippen LogP contribution in [0.4, 0.5) is 5.69 Å². The van der Waals surface area contributed by atoms with Crippen molar-refractivity contribution in [1.29, 1.82) is 0 Å². The molecule has 0 bridgehead atoms. The molecule has 4 rings (SSSR count). The van der Waals surface area contributed by atoms with Crippen LogP contribution >= 0.6 is 11.3 Å². The molecule has 1 N–H and O–H groups in total. The first-order valence-corrected chi connectivity index (χ1v) is 12.0. The lowest BCUT2D eigenvalue weighted by Crippen LogP contribution is -2.31. The quantitative estimate of drug-likeness (QED) is 0.430. The Hall–Kier alpha value is -3.45. The molecule has 2 heterocycles. The van der Waals surface area contributed by atoms with Gasteiger partial charge in [0.2, 0.25) is 5.78 Å². The van der Waals surface area contributed by atoms with Crippen LogP contribution in [0.15, 0.2) is 59.9 Å². The number of anilines is 1. The molecule has 1 unspecified atom stereocenters. The molecule has 1 aliphatic heterocycles. The summed E-state index contributed by atoms with van der Waals surface area (Å²) >= 11 is 1.26. The topological polar surface area (TPSA) is 79.7 Å². The molecule has 1 aromatic heterocycles. The van der Waals surface area contributed by atoms with Crippen LogP contribution in [0.3, 0.4) is 0 Å². The van der Waals surface area contributed by atoms with Gasteiger partial charge in [0.25, 0.3) is 5.91 Å². The number of nitrogens with zero attached hydrogens (tertiary/aromatic N) is 2. The lowest BCUT2D eigenvalue weighted by atomic mass is 9.94. The highest BCUT2D eigenvalue weighted by atomic mass is 32.1. The first-order valence-electron chi connectivity index (χ1n) is 11.2. The van der Waals surface area contributed by atoms with Crippen LogP contribution in [0.5, 0.6) is 5.75 Å². The van der Waals surface area contributed by atoms with Crippen molar-refractivity contribution in [3.05, 3.63) is 86.6 Å². The maximum atomic E-state index is 13.6. The summed E-state index contributed by atoms with van der Waals surface area (Å²) in [6.45, 7) is 10.3. The van der Waals surface area contributed by atoms with Crippen LogP contribution < -0.4 is 9.64 Å². The summed E-state index contributed by atoms with van der Waals surface area (Å²) in [5, 5.41) is 11.7. The van der Waals surface area contributed by atoms with Gasteiger partial charge in [-0.25, -0.2) is 4.98 Å². The number of thiazole rings is 1. The summed E-state index contributed by atoms with van der Waals surface area (Å²) in [7, 11) is 0. The van der Waals surface area contributed by atoms with Crippen LogP contribution in [-0.4, -0.2) is 28.4 Å². The van der Waals surface area contributed by atoms with Gasteiger partial charge in [0.1, 0.15) is 5.75 Å². The molecule has 176 valence electrons. The average Bonchev–Trinajstić information content (AvgIpc) is 3.28. The largest absolute Gasteiger partial charge is 0.503 e. The first kappa shape index (κ1) is 23.7. The molecule has 1 amide bonds. The smallest absolute Gasteiger partial charge is 0.294 e. The van der Waals surface area contributed by atoms with Crippen molar-refractivity contribution in [2.24, 2.45) is 5.92 Å². The Labute approximate surface area is 203 Å². The van der Waals surface area contributed by atoms with Crippen LogP contribution in [0.2, 0.25) is 0 Å². The zero-order valence-corrected chi connectivity index (χ0v) is 20.8. The van der Waals surface area contributed by atoms with Crippen molar-refractivity contribution in [3.63, 3.8) is 0 Å². The highest BCUT2D eigenvalue weighted by molar-refractivity contribution is 7.14. The van der Waals surface area contributed by atoms with Gasteiger partial charge in [-0.15, -0.1) is 11.3 Å². The molecule has 0 saturated heterocycles. The maximum Gasteiger partial charge on any atom is 0.294 e. The number of aliphatic hydroxyl groups is 1. The van der Waals surface area contributed by atoms with Gasteiger partial charge in [0.15, 0.2) is 5.76 Å². The number of hydrogen-bond donors (Lipinski definition) is 1. The number of ketones is 1. The number of amides is 1. The Bertz CT molecular complexity index is 1260. The minimum Gasteiger partial charge on any atom is -0.503 e. The molecule has 0 aliphatic carbocycles. The normalized spacial score (nSPS) is 16.0. The van der Waals surface area contributed by atoms with Crippen molar-refractivity contribution in [2.45, 2.75) is 40.7 Å². The lowest BCUT2D eigenvalue weighted by molar-refractivity contribution is -0.117. The number of rotatable bonds is 7. The Balaban J connectivity index is 1.80. The fourth-order valence-electron chi connectivity index (χ4n) is 4.00. The first-order chi connectivity index (χ1) is 16.2. The van der Waals surface area contributed by atoms with Gasteiger partial charge in [-0.05, 0) is 56.5 Å². The zero-order valence-electron chi connectivity index (χ0n) is 20.0. The van der Waals surface area contributed by atoms with Crippen LogP contribution in [0.1, 0.15) is 51.4 Å². The minimum atomic E-state index is -0.774. The van der Waals surface area contributed by atoms with Crippen molar-refractivity contribution in [3.8, 4) is 5.75 Å². The summed E-state index contributed by atoms with van der Waals surface area (Å²) in [6.07, 6.45) is 0. The van der Waals surface area contributed by atoms with E-state index < -0.39 is 17.7 Å². The third-order valence-electron chi connectivity index (χ3n) is 5.65. The number of aryl methyl sites for hydroxylation is 3. The standard InChI is InChI=1S/C27H28N2O4S/c1-15(2)14-33-21-12-8-19(9-13-21)23-22(24(30)26-17(4)28-18(5)34-26)25(31)27(32)29(23)20-10-6-16(3)7-11-20/h6-13,15,23,31H,14H2,1-5H3. The predicted molar refractivity (Wildman–Crippen MR) is 134 cm³/mol. The number of carbonyl (C=O) groups excluding carboxylic acids is 2. The van der Waals surface area contributed by atoms with Crippen molar-refractivity contribution in [2.75, 3.05) is 11.5 Å². The molecular formula is C27H28N2O4S. The van der Waals surface area contributed by atoms with Crippen molar-refractivity contribution in [1.82, 2.24) is 4.98 Å². The van der Waals surface area contributed by atoms with Crippen LogP contribution in [-0.2, 0) is 4.79 Å². The van der Waals surface area contributed by atoms with Gasteiger partial charge in [-0.1, -0.05) is 43.7 Å². The van der Waals surface area contributed by atoms with E-state index in [0.29, 0.717) is 40.1 Å². The summed E-state index contributed by atoms with van der Waals surface area (Å²) in [6, 6.07) is 14.0. The molecular weight excluding hydrogens is 448 g/mol. The van der Waals surface area contributed by atoms with Crippen molar-refractivity contribution >= 4 is 28.7 Å². The number of benzene rings is 2. The van der Waals surface area contributed by atoms with Gasteiger partial charge in [0.05, 0.1) is 33.8 Å². The second kappa shape index (κ2) is 9.43. The molecule has 1 aliphatic rings. The molecule has 2 aromatic carbocycles. The number of hydrogen-bond acceptors (Lipinski definition) is 6. The second-order valence-corrected chi connectivity index (χ2v) is 10.1. The highest BCUT2D eigenvalue weighted by Crippen LogP contribution is 2.43. The van der Waals surface area contributed by atoms with E-state index in [4.69, 9.17) is 4.74 Å². The van der Waals surface area contributed by atoms with E-state index in [0.717, 1.165) is 10.6 Å². The van der Waals surface area contributed by atoms with Gasteiger partial charge in [-0.2, -0.15) is 0 Å². The summed E-state index contributed by atoms with van der Waals surface area (Å²) in [5.41, 5.74) is 3.01. The lowest BCUT2D eigenvalue weighted by Gasteiger charge is -2.27. The molecule has 0 saturated carbocycles. The molecule has 0 radical (unpaired) electrons. The fraction of sp³-hybridized carbons (Fsp3) is 0.296. The number of Topliss-reactive ketones (excluding diaryl/α,β-unsaturated/α-hetero) is 1. The van der Waals surface area contributed by atoms with Crippen molar-refractivity contribution < 1.29 is 19.4 Å². The number of carbonyl (C=O) groups is 2. The molecule has 1 atom stereocenters. The molecule has 3 aromatic rings. The van der Waals surface area contributed by atoms with Crippen LogP contribution in [0.25, 0.3) is 0 Å². The van der Waals surface area contributed by atoms with Gasteiger partial charge >= 0.3 is 0 Å². The summed E-state index contributed by atoms with van der Waals surface area (Å²) < 4.78 is 5.80. The van der Waals surface area contributed by atoms with Gasteiger partial charge < -0.3 is 9.84 Å². The van der Waals surface area contributed by atoms with Gasteiger partial charge in [0, 0.05) is 5.69 Å². The van der Waals surface area contributed by atoms with E-state index in [1.165, 1.54) is 16.2 Å². The monoisotopic (exact) mass is 476 g/mol. The third-order valence-corrected chi connectivity index (χ3v) is 6.73. The third kappa shape index (κ3) is 4.48. The molecule has 7 heteroatoms. The number of ether oxygens (including phenoxy) is 1. The minimum absolute atomic E-state index is 0.0631. The zero-order chi connectivity index (χ0) is 24.6. The SMILES string of the molecule is Cc1ccc(N2C(=O)C(O)=C(C(=O)c3sc(C)nc3C)C2c2ccc(OCC(C)C)cc2)cc1. The van der Waals surface area contributed by atoms with E-state index in [1.807, 2.05) is 62.4 Å². The predicted octanol–water partition coefficient (Wildman–Crippen LogP) is 5.89. The number of aromatic nitrogens is 1. The number of aliphatic hydroxyl groups excluding tert-OH is 1. The maximum absolute atomic E-state index is 13.6. The molecule has 6 nitrogen and oxygen atoms in total. The van der Waals surface area contributed by atoms with E-state index in [9.17, 15) is 14.7 Å². The Morgan fingerprint density at radius 1 is 1.09 bits per heavy atom. The van der Waals surface area contributed by atoms with E-state index >= 15 is 0 Å². The van der Waals surface area contributed by atoms with E-state index in [2.05, 4.69) is 18.8 Å². The fourth-order valence-corrected chi connectivity index (χ4v) is 4.87. The van der Waals surface area contributed by atoms with Gasteiger partial charge in [-0.3, -0.25) is 14.5 Å². The Morgan fingerprint density at radius 2 is 1.74 bits per heavy atom. The summed E-state index contributed by atoms with van der Waals surface area (Å²) in [5.74, 6) is -0.413. The molecule has 34 heavy (non-hydrogen) atoms.